The van der Waals surface area contributed by atoms with E-state index < -0.39 is 11.7 Å². The molecule has 63 heavy (non-hydrogen) atoms. The summed E-state index contributed by atoms with van der Waals surface area (Å²) in [6.07, 6.45) is 1.70. The summed E-state index contributed by atoms with van der Waals surface area (Å²) in [6, 6.07) is 35.9. The van der Waals surface area contributed by atoms with Crippen molar-refractivity contribution in [2.24, 2.45) is 0 Å². The Balaban J connectivity index is 0.000000397. The van der Waals surface area contributed by atoms with Gasteiger partial charge in [0.25, 0.3) is 0 Å². The molecule has 0 aliphatic heterocycles. The van der Waals surface area contributed by atoms with Crippen molar-refractivity contribution in [3.63, 3.8) is 0 Å². The van der Waals surface area contributed by atoms with Gasteiger partial charge in [0, 0.05) is 36.0 Å². The molecule has 0 saturated carbocycles. The Hall–Kier alpha value is -5.46. The predicted octanol–water partition coefficient (Wildman–Crippen LogP) is 14.9. The molecule has 5 aromatic heterocycles. The zero-order valence-corrected chi connectivity index (χ0v) is 39.9. The first-order chi connectivity index (χ1) is 29.4. The molecule has 0 aliphatic rings. The monoisotopic (exact) mass is 867 g/mol. The number of hydrogen-bond acceptors (Lipinski definition) is 4. The van der Waals surface area contributed by atoms with E-state index in [0.717, 1.165) is 22.3 Å². The van der Waals surface area contributed by atoms with Crippen LogP contribution in [0.4, 0.5) is 13.2 Å². The second-order valence-corrected chi connectivity index (χ2v) is 20.9. The molecule has 1 unspecified atom stereocenters. The van der Waals surface area contributed by atoms with E-state index in [2.05, 4.69) is 109 Å². The molecule has 2 aromatic carbocycles. The summed E-state index contributed by atoms with van der Waals surface area (Å²) in [5, 5.41) is 0. The lowest BCUT2D eigenvalue weighted by Gasteiger charge is -2.23. The van der Waals surface area contributed by atoms with Crippen molar-refractivity contribution in [3.8, 4) is 39.9 Å². The number of rotatable bonds is 6. The first-order valence-electron chi connectivity index (χ1n) is 21.4. The van der Waals surface area contributed by atoms with E-state index >= 15 is 13.2 Å². The van der Waals surface area contributed by atoms with Gasteiger partial charge in [0.05, 0.1) is 34.0 Å². The molecular formula is C54H61F3N5P. The second-order valence-electron chi connectivity index (χ2n) is 20.3. The van der Waals surface area contributed by atoms with Gasteiger partial charge >= 0.3 is 6.18 Å². The molecule has 0 bridgehead atoms. The van der Waals surface area contributed by atoms with Crippen molar-refractivity contribution >= 4 is 9.24 Å². The highest BCUT2D eigenvalue weighted by atomic mass is 31.0. The number of aromatic nitrogens is 5. The molecule has 328 valence electrons. The largest absolute Gasteiger partial charge is 0.419 e. The number of pyridine rings is 4. The van der Waals surface area contributed by atoms with Gasteiger partial charge < -0.3 is 0 Å². The third-order valence-electron chi connectivity index (χ3n) is 11.2. The highest BCUT2D eigenvalue weighted by molar-refractivity contribution is 7.17. The maximum absolute atomic E-state index is 16.0. The van der Waals surface area contributed by atoms with Gasteiger partial charge in [0.2, 0.25) is 0 Å². The Morgan fingerprint density at radius 1 is 0.444 bits per heavy atom. The summed E-state index contributed by atoms with van der Waals surface area (Å²) in [6.45, 7) is 24.6. The Morgan fingerprint density at radius 2 is 0.794 bits per heavy atom. The SMILES string of the molecule is CC(C)(C)c1ccnc(-c2c(C(F)(F)F)c(-c3cc(C(C)(C)C)ccn3)n(-c3cc(C(C)(C)C)ccn3)c2-c2cc(C(C)(C)C)ccn2)c1.PC(c1ccccc1)c1ccccc1. The van der Waals surface area contributed by atoms with Gasteiger partial charge in [-0.15, -0.1) is 9.24 Å². The number of hydrogen-bond donors (Lipinski definition) is 0. The number of nitrogens with zero attached hydrogens (tertiary/aromatic N) is 5. The lowest BCUT2D eigenvalue weighted by molar-refractivity contribution is -0.136. The summed E-state index contributed by atoms with van der Waals surface area (Å²) >= 11 is 0. The van der Waals surface area contributed by atoms with Crippen LogP contribution in [0, 0.1) is 0 Å². The molecule has 0 fully saturated rings. The number of halogens is 3. The highest BCUT2D eigenvalue weighted by Gasteiger charge is 2.44. The molecule has 0 N–H and O–H groups in total. The summed E-state index contributed by atoms with van der Waals surface area (Å²) in [5.41, 5.74) is 5.46. The van der Waals surface area contributed by atoms with Crippen molar-refractivity contribution in [2.45, 2.75) is 117 Å². The van der Waals surface area contributed by atoms with E-state index in [-0.39, 0.29) is 50.0 Å². The maximum atomic E-state index is 16.0. The molecule has 0 aliphatic carbocycles. The summed E-state index contributed by atoms with van der Waals surface area (Å²) in [5.74, 6) is 0.340. The fourth-order valence-corrected chi connectivity index (χ4v) is 7.86. The van der Waals surface area contributed by atoms with Crippen LogP contribution in [0.25, 0.3) is 39.9 Å². The number of benzene rings is 2. The van der Waals surface area contributed by atoms with Crippen LogP contribution in [0.3, 0.4) is 0 Å². The van der Waals surface area contributed by atoms with E-state index in [1.165, 1.54) is 11.1 Å². The molecule has 0 spiro atoms. The summed E-state index contributed by atoms with van der Waals surface area (Å²) < 4.78 is 49.6. The molecule has 7 rings (SSSR count). The van der Waals surface area contributed by atoms with Crippen LogP contribution in [0.1, 0.15) is 128 Å². The standard InChI is InChI=1S/C41H48F3N5.C13H13P/c1-37(2,3)25-13-17-45-29(21-25)33-34(41(42,43)44)36(31-23-27(15-19-47-31)39(7,8)9)49(32-24-28(16-20-48-32)40(10,11)12)35(33)30-22-26(14-18-46-30)38(4,5)6;14-13(11-7-3-1-4-8-11)12-9-5-2-6-10-12/h13-24H,1-12H3;1-10,13H,14H2. The Labute approximate surface area is 374 Å². The molecule has 5 heterocycles. The van der Waals surface area contributed by atoms with Gasteiger partial charge in [-0.1, -0.05) is 144 Å². The molecular weight excluding hydrogens is 807 g/mol. The fourth-order valence-electron chi connectivity index (χ4n) is 7.42. The second kappa shape index (κ2) is 18.0. The minimum absolute atomic E-state index is 0.0573. The smallest absolute Gasteiger partial charge is 0.289 e. The molecule has 7 aromatic rings. The van der Waals surface area contributed by atoms with Crippen LogP contribution in [0.2, 0.25) is 0 Å². The molecule has 9 heteroatoms. The summed E-state index contributed by atoms with van der Waals surface area (Å²) in [7, 11) is 2.89. The summed E-state index contributed by atoms with van der Waals surface area (Å²) in [4.78, 5) is 18.8. The van der Waals surface area contributed by atoms with E-state index in [4.69, 9.17) is 9.97 Å². The van der Waals surface area contributed by atoms with Crippen molar-refractivity contribution < 1.29 is 13.2 Å². The predicted molar refractivity (Wildman–Crippen MR) is 257 cm³/mol. The minimum atomic E-state index is -4.80. The molecule has 0 amide bonds. The molecule has 1 atom stereocenters. The van der Waals surface area contributed by atoms with Gasteiger partial charge in [-0.2, -0.15) is 13.2 Å². The van der Waals surface area contributed by atoms with Crippen LogP contribution < -0.4 is 0 Å². The first kappa shape index (κ1) is 47.0. The van der Waals surface area contributed by atoms with Gasteiger partial charge in [-0.3, -0.25) is 19.5 Å². The average molecular weight is 868 g/mol. The van der Waals surface area contributed by atoms with Crippen LogP contribution >= 0.6 is 9.24 Å². The van der Waals surface area contributed by atoms with Crippen molar-refractivity contribution in [3.05, 3.63) is 173 Å². The molecule has 0 saturated heterocycles. The highest BCUT2D eigenvalue weighted by Crippen LogP contribution is 2.51. The Morgan fingerprint density at radius 3 is 1.19 bits per heavy atom. The van der Waals surface area contributed by atoms with Gasteiger partial charge in [-0.25, -0.2) is 4.98 Å². The Bertz CT molecular complexity index is 2480. The van der Waals surface area contributed by atoms with E-state index in [1.54, 1.807) is 41.5 Å². The lowest BCUT2D eigenvalue weighted by Crippen LogP contribution is -2.15. The maximum Gasteiger partial charge on any atom is 0.419 e. The van der Waals surface area contributed by atoms with E-state index in [1.807, 2.05) is 90.1 Å². The third-order valence-corrected chi connectivity index (χ3v) is 12.0. The topological polar surface area (TPSA) is 56.5 Å². The average Bonchev–Trinajstić information content (AvgIpc) is 3.61. The lowest BCUT2D eigenvalue weighted by atomic mass is 9.85. The van der Waals surface area contributed by atoms with Gasteiger partial charge in [0.15, 0.2) is 0 Å². The molecule has 5 nitrogen and oxygen atoms in total. The van der Waals surface area contributed by atoms with Gasteiger partial charge in [-0.05, 0) is 104 Å². The van der Waals surface area contributed by atoms with Crippen LogP contribution in [-0.2, 0) is 27.8 Å². The third kappa shape index (κ3) is 10.8. The van der Waals surface area contributed by atoms with Gasteiger partial charge in [0.1, 0.15) is 5.82 Å². The first-order valence-corrected chi connectivity index (χ1v) is 22.1. The quantitative estimate of drug-likeness (QED) is 0.156. The molecule has 0 radical (unpaired) electrons. The number of alkyl halides is 3. The zero-order chi connectivity index (χ0) is 46.1. The van der Waals surface area contributed by atoms with Crippen molar-refractivity contribution in [2.75, 3.05) is 0 Å². The van der Waals surface area contributed by atoms with Crippen molar-refractivity contribution in [1.29, 1.82) is 0 Å². The van der Waals surface area contributed by atoms with Crippen LogP contribution in [0.5, 0.6) is 0 Å². The Kier molecular flexibility index (Phi) is 13.4. The fraction of sp³-hybridized carbons (Fsp3) is 0.333. The van der Waals surface area contributed by atoms with E-state index in [0.29, 0.717) is 17.2 Å². The van der Waals surface area contributed by atoms with Crippen LogP contribution in [0.15, 0.2) is 134 Å². The van der Waals surface area contributed by atoms with Crippen LogP contribution in [-0.4, -0.2) is 24.5 Å². The zero-order valence-electron chi connectivity index (χ0n) is 38.7. The normalized spacial score (nSPS) is 12.6. The van der Waals surface area contributed by atoms with Crippen molar-refractivity contribution in [1.82, 2.24) is 24.5 Å². The minimum Gasteiger partial charge on any atom is -0.289 e. The van der Waals surface area contributed by atoms with E-state index in [9.17, 15) is 0 Å².